The van der Waals surface area contributed by atoms with E-state index in [1.807, 2.05) is 6.26 Å². The Morgan fingerprint density at radius 2 is 2.11 bits per heavy atom. The molecule has 0 aromatic rings. The standard InChI is InChI=1S/C16H27NO2/c1-3-6-15(7-4-2)8-5-9-16-14-18-12-10-17(16)11-13-19-16/h8,11,13H,3-7,9-10,12,14H2,1-2H3. The quantitative estimate of drug-likeness (QED) is 0.653. The number of allylic oxidation sites excluding steroid dienone is 2. The first-order valence-corrected chi connectivity index (χ1v) is 7.67. The van der Waals surface area contributed by atoms with Gasteiger partial charge < -0.3 is 14.4 Å². The molecule has 0 amide bonds. The van der Waals surface area contributed by atoms with E-state index in [2.05, 4.69) is 31.0 Å². The molecule has 0 bridgehead atoms. The monoisotopic (exact) mass is 265 g/mol. The third kappa shape index (κ3) is 3.53. The van der Waals surface area contributed by atoms with Crippen molar-refractivity contribution in [1.82, 2.24) is 4.90 Å². The first-order chi connectivity index (χ1) is 9.30. The van der Waals surface area contributed by atoms with Gasteiger partial charge in [0.2, 0.25) is 5.72 Å². The predicted octanol–water partition coefficient (Wildman–Crippen LogP) is 3.82. The SMILES string of the molecule is CCCC(=CCCC12COCCN1C=CO2)CCC. The summed E-state index contributed by atoms with van der Waals surface area (Å²) >= 11 is 0. The molecule has 0 spiro atoms. The second kappa shape index (κ2) is 6.99. The van der Waals surface area contributed by atoms with Gasteiger partial charge in [-0.25, -0.2) is 0 Å². The van der Waals surface area contributed by atoms with Crippen LogP contribution in [0, 0.1) is 0 Å². The summed E-state index contributed by atoms with van der Waals surface area (Å²) in [5.41, 5.74) is 1.38. The number of ether oxygens (including phenoxy) is 2. The number of nitrogens with zero attached hydrogens (tertiary/aromatic N) is 1. The number of fused-ring (bicyclic) bond motifs is 1. The van der Waals surface area contributed by atoms with Crippen LogP contribution in [0.15, 0.2) is 24.1 Å². The summed E-state index contributed by atoms with van der Waals surface area (Å²) in [6.07, 6.45) is 13.3. The molecule has 2 aliphatic rings. The Hall–Kier alpha value is -0.960. The normalized spacial score (nSPS) is 25.1. The van der Waals surface area contributed by atoms with Crippen molar-refractivity contribution in [2.45, 2.75) is 58.1 Å². The van der Waals surface area contributed by atoms with Crippen molar-refractivity contribution in [1.29, 1.82) is 0 Å². The Morgan fingerprint density at radius 1 is 1.32 bits per heavy atom. The smallest absolute Gasteiger partial charge is 0.205 e. The van der Waals surface area contributed by atoms with Crippen LogP contribution in [0.2, 0.25) is 0 Å². The minimum atomic E-state index is -0.224. The Labute approximate surface area is 117 Å². The zero-order valence-corrected chi connectivity index (χ0v) is 12.4. The fourth-order valence-electron chi connectivity index (χ4n) is 2.97. The van der Waals surface area contributed by atoms with Gasteiger partial charge in [0.1, 0.15) is 12.9 Å². The molecule has 1 saturated heterocycles. The Balaban J connectivity index is 1.88. The molecule has 2 aliphatic heterocycles. The van der Waals surface area contributed by atoms with Gasteiger partial charge in [-0.15, -0.1) is 0 Å². The van der Waals surface area contributed by atoms with Gasteiger partial charge in [-0.05, 0) is 19.3 Å². The van der Waals surface area contributed by atoms with Crippen molar-refractivity contribution in [3.8, 4) is 0 Å². The molecule has 0 aliphatic carbocycles. The number of hydrogen-bond donors (Lipinski definition) is 0. The molecule has 3 heteroatoms. The lowest BCUT2D eigenvalue weighted by atomic mass is 10.00. The molecule has 0 aromatic heterocycles. The van der Waals surface area contributed by atoms with Crippen LogP contribution in [0.4, 0.5) is 0 Å². The van der Waals surface area contributed by atoms with E-state index in [1.54, 1.807) is 5.57 Å². The van der Waals surface area contributed by atoms with Crippen molar-refractivity contribution in [3.05, 3.63) is 24.1 Å². The molecular formula is C16H27NO2. The number of rotatable bonds is 7. The average molecular weight is 265 g/mol. The molecular weight excluding hydrogens is 238 g/mol. The summed E-state index contributed by atoms with van der Waals surface area (Å²) in [6, 6.07) is 0. The van der Waals surface area contributed by atoms with Crippen LogP contribution >= 0.6 is 0 Å². The first kappa shape index (κ1) is 14.4. The fraction of sp³-hybridized carbons (Fsp3) is 0.750. The highest BCUT2D eigenvalue weighted by Gasteiger charge is 2.41. The summed E-state index contributed by atoms with van der Waals surface area (Å²) < 4.78 is 11.4. The van der Waals surface area contributed by atoms with Gasteiger partial charge >= 0.3 is 0 Å². The summed E-state index contributed by atoms with van der Waals surface area (Å²) in [5, 5.41) is 0. The fourth-order valence-corrected chi connectivity index (χ4v) is 2.97. The molecule has 0 N–H and O–H groups in total. The van der Waals surface area contributed by atoms with Gasteiger partial charge in [-0.1, -0.05) is 38.3 Å². The molecule has 3 nitrogen and oxygen atoms in total. The minimum Gasteiger partial charge on any atom is -0.472 e. The summed E-state index contributed by atoms with van der Waals surface area (Å²) in [5.74, 6) is 0. The lowest BCUT2D eigenvalue weighted by Gasteiger charge is -2.41. The van der Waals surface area contributed by atoms with E-state index in [0.29, 0.717) is 6.61 Å². The van der Waals surface area contributed by atoms with E-state index < -0.39 is 0 Å². The van der Waals surface area contributed by atoms with Crippen LogP contribution in [0.3, 0.4) is 0 Å². The maximum absolute atomic E-state index is 5.84. The highest BCUT2D eigenvalue weighted by Crippen LogP contribution is 2.32. The summed E-state index contributed by atoms with van der Waals surface area (Å²) in [7, 11) is 0. The van der Waals surface area contributed by atoms with Crippen molar-refractivity contribution in [2.75, 3.05) is 19.8 Å². The van der Waals surface area contributed by atoms with Gasteiger partial charge in [0.15, 0.2) is 0 Å². The molecule has 0 aromatic carbocycles. The van der Waals surface area contributed by atoms with Gasteiger partial charge in [0.05, 0.1) is 6.61 Å². The van der Waals surface area contributed by atoms with E-state index in [-0.39, 0.29) is 5.72 Å². The highest BCUT2D eigenvalue weighted by molar-refractivity contribution is 5.04. The predicted molar refractivity (Wildman–Crippen MR) is 77.6 cm³/mol. The molecule has 2 heterocycles. The van der Waals surface area contributed by atoms with E-state index in [9.17, 15) is 0 Å². The highest BCUT2D eigenvalue weighted by atomic mass is 16.6. The molecule has 108 valence electrons. The third-order valence-corrected chi connectivity index (χ3v) is 3.97. The maximum atomic E-state index is 5.84. The molecule has 19 heavy (non-hydrogen) atoms. The van der Waals surface area contributed by atoms with Gasteiger partial charge in [0.25, 0.3) is 0 Å². The van der Waals surface area contributed by atoms with Gasteiger partial charge in [-0.3, -0.25) is 0 Å². The Morgan fingerprint density at radius 3 is 2.84 bits per heavy atom. The maximum Gasteiger partial charge on any atom is 0.205 e. The summed E-state index contributed by atoms with van der Waals surface area (Å²) in [4.78, 5) is 2.30. The van der Waals surface area contributed by atoms with Crippen molar-refractivity contribution in [3.63, 3.8) is 0 Å². The lowest BCUT2D eigenvalue weighted by Crippen LogP contribution is -2.52. The van der Waals surface area contributed by atoms with Crippen LogP contribution in [0.25, 0.3) is 0 Å². The Kier molecular flexibility index (Phi) is 5.32. The van der Waals surface area contributed by atoms with Crippen molar-refractivity contribution < 1.29 is 9.47 Å². The topological polar surface area (TPSA) is 21.7 Å². The van der Waals surface area contributed by atoms with Crippen LogP contribution in [0.1, 0.15) is 52.4 Å². The van der Waals surface area contributed by atoms with Crippen LogP contribution < -0.4 is 0 Å². The van der Waals surface area contributed by atoms with E-state index in [4.69, 9.17) is 9.47 Å². The molecule has 0 radical (unpaired) electrons. The zero-order chi connectivity index (χ0) is 13.6. The molecule has 1 atom stereocenters. The van der Waals surface area contributed by atoms with Gasteiger partial charge in [0, 0.05) is 19.2 Å². The number of hydrogen-bond acceptors (Lipinski definition) is 3. The summed E-state index contributed by atoms with van der Waals surface area (Å²) in [6.45, 7) is 6.94. The van der Waals surface area contributed by atoms with Crippen LogP contribution in [-0.2, 0) is 9.47 Å². The third-order valence-electron chi connectivity index (χ3n) is 3.97. The lowest BCUT2D eigenvalue weighted by molar-refractivity contribution is -0.158. The van der Waals surface area contributed by atoms with Gasteiger partial charge in [-0.2, -0.15) is 0 Å². The molecule has 1 unspecified atom stereocenters. The van der Waals surface area contributed by atoms with Crippen LogP contribution in [-0.4, -0.2) is 30.4 Å². The second-order valence-electron chi connectivity index (χ2n) is 5.50. The van der Waals surface area contributed by atoms with Crippen molar-refractivity contribution in [2.24, 2.45) is 0 Å². The molecule has 1 fully saturated rings. The van der Waals surface area contributed by atoms with E-state index in [0.717, 1.165) is 26.0 Å². The minimum absolute atomic E-state index is 0.224. The number of morpholine rings is 1. The second-order valence-corrected chi connectivity index (χ2v) is 5.50. The molecule has 0 saturated carbocycles. The average Bonchev–Trinajstić information content (AvgIpc) is 2.83. The van der Waals surface area contributed by atoms with E-state index in [1.165, 1.54) is 25.7 Å². The Bertz CT molecular complexity index is 330. The molecule has 2 rings (SSSR count). The largest absolute Gasteiger partial charge is 0.472 e. The zero-order valence-electron chi connectivity index (χ0n) is 12.4. The van der Waals surface area contributed by atoms with E-state index >= 15 is 0 Å². The first-order valence-electron chi connectivity index (χ1n) is 7.67. The van der Waals surface area contributed by atoms with Crippen molar-refractivity contribution >= 4 is 0 Å². The van der Waals surface area contributed by atoms with Crippen LogP contribution in [0.5, 0.6) is 0 Å².